The first-order valence-electron chi connectivity index (χ1n) is 9.24. The fourth-order valence-corrected chi connectivity index (χ4v) is 3.99. The van der Waals surface area contributed by atoms with Gasteiger partial charge in [-0.3, -0.25) is 9.69 Å². The zero-order valence-corrected chi connectivity index (χ0v) is 15.2. The van der Waals surface area contributed by atoms with Crippen molar-refractivity contribution in [2.75, 3.05) is 26.2 Å². The van der Waals surface area contributed by atoms with Crippen LogP contribution in [0.3, 0.4) is 0 Å². The SMILES string of the molecule is Cc1ccc(CC2CCCN2CC(=O)N2CC(C)OC(C)C2)cc1. The minimum atomic E-state index is 0.139. The second-order valence-electron chi connectivity index (χ2n) is 7.51. The number of amides is 1. The van der Waals surface area contributed by atoms with Crippen molar-refractivity contribution < 1.29 is 9.53 Å². The van der Waals surface area contributed by atoms with E-state index < -0.39 is 0 Å². The van der Waals surface area contributed by atoms with Gasteiger partial charge in [0.1, 0.15) is 0 Å². The molecule has 0 spiro atoms. The van der Waals surface area contributed by atoms with Gasteiger partial charge in [0.15, 0.2) is 0 Å². The number of carbonyl (C=O) groups is 1. The van der Waals surface area contributed by atoms with Gasteiger partial charge in [0, 0.05) is 19.1 Å². The molecule has 2 aliphatic rings. The Labute approximate surface area is 145 Å². The third-order valence-electron chi connectivity index (χ3n) is 5.20. The number of rotatable bonds is 4. The van der Waals surface area contributed by atoms with Crippen LogP contribution >= 0.6 is 0 Å². The molecule has 3 rings (SSSR count). The molecule has 2 saturated heterocycles. The molecule has 1 aromatic rings. The summed E-state index contributed by atoms with van der Waals surface area (Å²) < 4.78 is 5.74. The van der Waals surface area contributed by atoms with Crippen LogP contribution in [0.1, 0.15) is 37.8 Å². The van der Waals surface area contributed by atoms with Crippen LogP contribution in [0, 0.1) is 6.92 Å². The molecule has 3 atom stereocenters. The molecule has 1 amide bonds. The number of hydrogen-bond donors (Lipinski definition) is 0. The Hall–Kier alpha value is -1.39. The van der Waals surface area contributed by atoms with E-state index in [2.05, 4.69) is 36.1 Å². The highest BCUT2D eigenvalue weighted by atomic mass is 16.5. The van der Waals surface area contributed by atoms with Crippen molar-refractivity contribution in [3.05, 3.63) is 35.4 Å². The highest BCUT2D eigenvalue weighted by molar-refractivity contribution is 5.78. The zero-order valence-electron chi connectivity index (χ0n) is 15.2. The number of carbonyl (C=O) groups excluding carboxylic acids is 1. The molecule has 2 heterocycles. The highest BCUT2D eigenvalue weighted by Gasteiger charge is 2.30. The Bertz CT molecular complexity index is 547. The monoisotopic (exact) mass is 330 g/mol. The molecule has 0 bridgehead atoms. The molecular formula is C20H30N2O2. The molecule has 0 N–H and O–H groups in total. The summed E-state index contributed by atoms with van der Waals surface area (Å²) in [4.78, 5) is 17.1. The Morgan fingerprint density at radius 1 is 1.17 bits per heavy atom. The first-order chi connectivity index (χ1) is 11.5. The molecular weight excluding hydrogens is 300 g/mol. The number of likely N-dealkylation sites (tertiary alicyclic amines) is 1. The molecule has 1 aromatic carbocycles. The molecule has 3 unspecified atom stereocenters. The predicted molar refractivity (Wildman–Crippen MR) is 96.1 cm³/mol. The molecule has 0 saturated carbocycles. The topological polar surface area (TPSA) is 32.8 Å². The van der Waals surface area contributed by atoms with Gasteiger partial charge >= 0.3 is 0 Å². The zero-order chi connectivity index (χ0) is 17.1. The van der Waals surface area contributed by atoms with Crippen LogP contribution in [-0.2, 0) is 16.0 Å². The summed E-state index contributed by atoms with van der Waals surface area (Å²) >= 11 is 0. The minimum absolute atomic E-state index is 0.139. The van der Waals surface area contributed by atoms with Gasteiger partial charge in [-0.2, -0.15) is 0 Å². The second-order valence-corrected chi connectivity index (χ2v) is 7.51. The van der Waals surface area contributed by atoms with Gasteiger partial charge in [0.25, 0.3) is 0 Å². The lowest BCUT2D eigenvalue weighted by Crippen LogP contribution is -2.51. The average molecular weight is 330 g/mol. The summed E-state index contributed by atoms with van der Waals surface area (Å²) in [5, 5.41) is 0. The average Bonchev–Trinajstić information content (AvgIpc) is 2.95. The summed E-state index contributed by atoms with van der Waals surface area (Å²) in [6.07, 6.45) is 3.71. The molecule has 24 heavy (non-hydrogen) atoms. The standard InChI is InChI=1S/C20H30N2O2/c1-15-6-8-18(9-7-15)11-19-5-4-10-21(19)14-20(23)22-12-16(2)24-17(3)13-22/h6-9,16-17,19H,4-5,10-14H2,1-3H3. The number of benzene rings is 1. The van der Waals surface area contributed by atoms with E-state index in [4.69, 9.17) is 4.74 Å². The van der Waals surface area contributed by atoms with E-state index in [9.17, 15) is 4.79 Å². The lowest BCUT2D eigenvalue weighted by Gasteiger charge is -2.36. The third kappa shape index (κ3) is 4.37. The number of nitrogens with zero attached hydrogens (tertiary/aromatic N) is 2. The Morgan fingerprint density at radius 3 is 2.50 bits per heavy atom. The molecule has 4 heteroatoms. The molecule has 0 radical (unpaired) electrons. The molecule has 0 aromatic heterocycles. The van der Waals surface area contributed by atoms with Gasteiger partial charge in [-0.15, -0.1) is 0 Å². The lowest BCUT2D eigenvalue weighted by molar-refractivity contribution is -0.144. The van der Waals surface area contributed by atoms with Crippen molar-refractivity contribution >= 4 is 5.91 Å². The normalized spacial score (nSPS) is 28.3. The van der Waals surface area contributed by atoms with Crippen molar-refractivity contribution in [3.63, 3.8) is 0 Å². The van der Waals surface area contributed by atoms with Crippen molar-refractivity contribution in [2.45, 2.75) is 58.3 Å². The molecule has 4 nitrogen and oxygen atoms in total. The smallest absolute Gasteiger partial charge is 0.236 e. The third-order valence-corrected chi connectivity index (χ3v) is 5.20. The van der Waals surface area contributed by atoms with Gasteiger partial charge in [0.2, 0.25) is 5.91 Å². The number of ether oxygens (including phenoxy) is 1. The van der Waals surface area contributed by atoms with Crippen molar-refractivity contribution in [1.82, 2.24) is 9.80 Å². The van der Waals surface area contributed by atoms with Crippen molar-refractivity contribution in [2.24, 2.45) is 0 Å². The Balaban J connectivity index is 1.57. The van der Waals surface area contributed by atoms with E-state index in [1.54, 1.807) is 0 Å². The minimum Gasteiger partial charge on any atom is -0.372 e. The first kappa shape index (κ1) is 17.4. The van der Waals surface area contributed by atoms with Crippen molar-refractivity contribution in [3.8, 4) is 0 Å². The number of morpholine rings is 1. The van der Waals surface area contributed by atoms with Gasteiger partial charge in [0.05, 0.1) is 18.8 Å². The first-order valence-corrected chi connectivity index (χ1v) is 9.24. The second kappa shape index (κ2) is 7.66. The fraction of sp³-hybridized carbons (Fsp3) is 0.650. The molecule has 2 fully saturated rings. The van der Waals surface area contributed by atoms with Crippen LogP contribution < -0.4 is 0 Å². The largest absolute Gasteiger partial charge is 0.372 e. The van der Waals surface area contributed by atoms with Gasteiger partial charge in [-0.05, 0) is 52.1 Å². The quantitative estimate of drug-likeness (QED) is 0.851. The van der Waals surface area contributed by atoms with E-state index >= 15 is 0 Å². The molecule has 132 valence electrons. The van der Waals surface area contributed by atoms with Crippen LogP contribution in [0.4, 0.5) is 0 Å². The summed E-state index contributed by atoms with van der Waals surface area (Å²) in [5.41, 5.74) is 2.67. The highest BCUT2D eigenvalue weighted by Crippen LogP contribution is 2.22. The maximum Gasteiger partial charge on any atom is 0.236 e. The van der Waals surface area contributed by atoms with Crippen LogP contribution in [0.5, 0.6) is 0 Å². The van der Waals surface area contributed by atoms with E-state index in [0.29, 0.717) is 12.6 Å². The van der Waals surface area contributed by atoms with Crippen LogP contribution in [0.25, 0.3) is 0 Å². The van der Waals surface area contributed by atoms with Crippen LogP contribution in [0.2, 0.25) is 0 Å². The molecule has 2 aliphatic heterocycles. The van der Waals surface area contributed by atoms with Gasteiger partial charge in [-0.25, -0.2) is 0 Å². The van der Waals surface area contributed by atoms with E-state index in [1.807, 2.05) is 18.7 Å². The lowest BCUT2D eigenvalue weighted by atomic mass is 10.0. The van der Waals surface area contributed by atoms with Crippen LogP contribution in [0.15, 0.2) is 24.3 Å². The Morgan fingerprint density at radius 2 is 1.83 bits per heavy atom. The van der Waals surface area contributed by atoms with E-state index in [0.717, 1.165) is 26.1 Å². The van der Waals surface area contributed by atoms with Gasteiger partial charge < -0.3 is 9.64 Å². The number of hydrogen-bond acceptors (Lipinski definition) is 3. The summed E-state index contributed by atoms with van der Waals surface area (Å²) in [6, 6.07) is 9.29. The maximum absolute atomic E-state index is 12.7. The fourth-order valence-electron chi connectivity index (χ4n) is 3.99. The van der Waals surface area contributed by atoms with Crippen molar-refractivity contribution in [1.29, 1.82) is 0 Å². The van der Waals surface area contributed by atoms with Gasteiger partial charge in [-0.1, -0.05) is 29.8 Å². The Kier molecular flexibility index (Phi) is 5.57. The summed E-state index contributed by atoms with van der Waals surface area (Å²) in [7, 11) is 0. The summed E-state index contributed by atoms with van der Waals surface area (Å²) in [6.45, 7) is 9.25. The maximum atomic E-state index is 12.7. The number of aryl methyl sites for hydroxylation is 1. The predicted octanol–water partition coefficient (Wildman–Crippen LogP) is 2.64. The van der Waals surface area contributed by atoms with Crippen LogP contribution in [-0.4, -0.2) is 60.1 Å². The summed E-state index contributed by atoms with van der Waals surface area (Å²) in [5.74, 6) is 0.257. The van der Waals surface area contributed by atoms with E-state index in [-0.39, 0.29) is 18.1 Å². The van der Waals surface area contributed by atoms with E-state index in [1.165, 1.54) is 24.0 Å². The molecule has 0 aliphatic carbocycles.